The van der Waals surface area contributed by atoms with Crippen molar-refractivity contribution < 1.29 is 4.74 Å². The fourth-order valence-corrected chi connectivity index (χ4v) is 1.93. The monoisotopic (exact) mass is 379 g/mol. The Bertz CT molecular complexity index is 362. The minimum Gasteiger partial charge on any atom is -0.381 e. The van der Waals surface area contributed by atoms with Gasteiger partial charge in [0, 0.05) is 51.6 Å². The van der Waals surface area contributed by atoms with Crippen LogP contribution in [0, 0.1) is 5.92 Å². The number of halogens is 1. The number of aromatic nitrogens is 2. The maximum atomic E-state index is 5.34. The van der Waals surface area contributed by atoms with Crippen molar-refractivity contribution >= 4 is 29.9 Å². The van der Waals surface area contributed by atoms with Crippen molar-refractivity contribution in [3.05, 3.63) is 18.7 Å². The molecular formula is C12H22IN5O. The molecule has 1 fully saturated rings. The van der Waals surface area contributed by atoms with Crippen LogP contribution in [0.15, 0.2) is 23.7 Å². The Labute approximate surface area is 131 Å². The van der Waals surface area contributed by atoms with Crippen LogP contribution in [0.1, 0.15) is 6.42 Å². The summed E-state index contributed by atoms with van der Waals surface area (Å²) in [5.74, 6) is 1.46. The first-order valence-electron chi connectivity index (χ1n) is 6.36. The number of nitrogens with one attached hydrogen (secondary N) is 2. The molecule has 2 heterocycles. The largest absolute Gasteiger partial charge is 0.381 e. The molecule has 0 saturated carbocycles. The highest BCUT2D eigenvalue weighted by Gasteiger charge is 2.15. The van der Waals surface area contributed by atoms with Crippen molar-refractivity contribution in [1.82, 2.24) is 20.2 Å². The molecule has 2 N–H and O–H groups in total. The van der Waals surface area contributed by atoms with Gasteiger partial charge in [-0.05, 0) is 6.42 Å². The Kier molecular flexibility index (Phi) is 7.80. The lowest BCUT2D eigenvalue weighted by atomic mass is 10.1. The summed E-state index contributed by atoms with van der Waals surface area (Å²) in [6.07, 6.45) is 6.69. The molecular weight excluding hydrogens is 357 g/mol. The number of aliphatic imine (C=N–C) groups is 1. The predicted octanol–water partition coefficient (Wildman–Crippen LogP) is 0.703. The summed E-state index contributed by atoms with van der Waals surface area (Å²) in [7, 11) is 1.79. The van der Waals surface area contributed by atoms with Crippen LogP contribution in [-0.2, 0) is 11.3 Å². The molecule has 0 spiro atoms. The molecule has 0 bridgehead atoms. The minimum absolute atomic E-state index is 0. The second-order valence-electron chi connectivity index (χ2n) is 4.41. The van der Waals surface area contributed by atoms with E-state index >= 15 is 0 Å². The summed E-state index contributed by atoms with van der Waals surface area (Å²) in [6, 6.07) is 0. The standard InChI is InChI=1S/C12H21N5O.HI/c1-13-12(16-8-11-2-7-18-9-11)15-4-6-17-5-3-14-10-17;/h3,5,10-11H,2,4,6-9H2,1H3,(H2,13,15,16);1H. The molecule has 0 radical (unpaired) electrons. The molecule has 1 aliphatic rings. The van der Waals surface area contributed by atoms with Gasteiger partial charge in [0.1, 0.15) is 0 Å². The zero-order valence-electron chi connectivity index (χ0n) is 11.2. The van der Waals surface area contributed by atoms with Gasteiger partial charge in [0.05, 0.1) is 12.9 Å². The van der Waals surface area contributed by atoms with E-state index in [0.29, 0.717) is 5.92 Å². The van der Waals surface area contributed by atoms with Crippen molar-refractivity contribution in [3.8, 4) is 0 Å². The van der Waals surface area contributed by atoms with Crippen molar-refractivity contribution in [2.24, 2.45) is 10.9 Å². The molecule has 1 aromatic heterocycles. The summed E-state index contributed by atoms with van der Waals surface area (Å²) in [4.78, 5) is 8.20. The molecule has 108 valence electrons. The van der Waals surface area contributed by atoms with E-state index in [-0.39, 0.29) is 24.0 Å². The van der Waals surface area contributed by atoms with E-state index in [2.05, 4.69) is 20.6 Å². The number of ether oxygens (including phenoxy) is 1. The first kappa shape index (κ1) is 16.2. The number of hydrogen-bond donors (Lipinski definition) is 2. The highest BCUT2D eigenvalue weighted by molar-refractivity contribution is 14.0. The third-order valence-electron chi connectivity index (χ3n) is 3.03. The molecule has 6 nitrogen and oxygen atoms in total. The third kappa shape index (κ3) is 5.77. The van der Waals surface area contributed by atoms with E-state index in [4.69, 9.17) is 4.74 Å². The zero-order valence-corrected chi connectivity index (χ0v) is 13.5. The smallest absolute Gasteiger partial charge is 0.191 e. The first-order chi connectivity index (χ1) is 8.88. The van der Waals surface area contributed by atoms with Gasteiger partial charge in [-0.1, -0.05) is 0 Å². The Hall–Kier alpha value is -0.830. The molecule has 1 aromatic rings. The van der Waals surface area contributed by atoms with E-state index in [9.17, 15) is 0 Å². The molecule has 0 aromatic carbocycles. The quantitative estimate of drug-likeness (QED) is 0.449. The van der Waals surface area contributed by atoms with Crippen LogP contribution < -0.4 is 10.6 Å². The lowest BCUT2D eigenvalue weighted by molar-refractivity contribution is 0.186. The van der Waals surface area contributed by atoms with Crippen LogP contribution in [-0.4, -0.2) is 48.9 Å². The van der Waals surface area contributed by atoms with E-state index in [1.54, 1.807) is 13.2 Å². The van der Waals surface area contributed by atoms with Crippen LogP contribution in [0.5, 0.6) is 0 Å². The van der Waals surface area contributed by atoms with E-state index in [1.165, 1.54) is 0 Å². The number of imidazole rings is 1. The van der Waals surface area contributed by atoms with Crippen molar-refractivity contribution in [2.45, 2.75) is 13.0 Å². The number of rotatable bonds is 5. The number of hydrogen-bond acceptors (Lipinski definition) is 3. The highest BCUT2D eigenvalue weighted by atomic mass is 127. The Morgan fingerprint density at radius 2 is 2.42 bits per heavy atom. The Balaban J connectivity index is 0.00000180. The van der Waals surface area contributed by atoms with Crippen LogP contribution in [0.25, 0.3) is 0 Å². The van der Waals surface area contributed by atoms with Gasteiger partial charge in [-0.3, -0.25) is 4.99 Å². The molecule has 2 rings (SSSR count). The topological polar surface area (TPSA) is 63.5 Å². The fourth-order valence-electron chi connectivity index (χ4n) is 1.93. The SMILES string of the molecule is CN=C(NCCn1ccnc1)NCC1CCOC1.I. The normalized spacial score (nSPS) is 19.0. The van der Waals surface area contributed by atoms with E-state index in [1.807, 2.05) is 17.1 Å². The molecule has 7 heteroatoms. The van der Waals surface area contributed by atoms with Crippen molar-refractivity contribution in [3.63, 3.8) is 0 Å². The maximum Gasteiger partial charge on any atom is 0.191 e. The summed E-state index contributed by atoms with van der Waals surface area (Å²) in [6.45, 7) is 4.38. The van der Waals surface area contributed by atoms with Crippen LogP contribution >= 0.6 is 24.0 Å². The lowest BCUT2D eigenvalue weighted by Crippen LogP contribution is -2.41. The third-order valence-corrected chi connectivity index (χ3v) is 3.03. The highest BCUT2D eigenvalue weighted by Crippen LogP contribution is 2.10. The molecule has 1 unspecified atom stereocenters. The summed E-state index contributed by atoms with van der Waals surface area (Å²) < 4.78 is 7.38. The second kappa shape index (κ2) is 9.13. The lowest BCUT2D eigenvalue weighted by Gasteiger charge is -2.14. The Morgan fingerprint density at radius 3 is 3.05 bits per heavy atom. The average Bonchev–Trinajstić information content (AvgIpc) is 3.06. The van der Waals surface area contributed by atoms with E-state index in [0.717, 1.165) is 45.2 Å². The van der Waals surface area contributed by atoms with Crippen LogP contribution in [0.3, 0.4) is 0 Å². The van der Waals surface area contributed by atoms with Crippen LogP contribution in [0.2, 0.25) is 0 Å². The van der Waals surface area contributed by atoms with Gasteiger partial charge in [-0.2, -0.15) is 0 Å². The van der Waals surface area contributed by atoms with Gasteiger partial charge in [-0.15, -0.1) is 24.0 Å². The molecule has 0 aliphatic carbocycles. The summed E-state index contributed by atoms with van der Waals surface area (Å²) >= 11 is 0. The van der Waals surface area contributed by atoms with Gasteiger partial charge in [0.15, 0.2) is 5.96 Å². The van der Waals surface area contributed by atoms with E-state index < -0.39 is 0 Å². The predicted molar refractivity (Wildman–Crippen MR) is 85.9 cm³/mol. The average molecular weight is 379 g/mol. The molecule has 19 heavy (non-hydrogen) atoms. The maximum absolute atomic E-state index is 5.34. The summed E-state index contributed by atoms with van der Waals surface area (Å²) in [5, 5.41) is 6.61. The fraction of sp³-hybridized carbons (Fsp3) is 0.667. The zero-order chi connectivity index (χ0) is 12.6. The van der Waals surface area contributed by atoms with Crippen molar-refractivity contribution in [2.75, 3.05) is 33.4 Å². The molecule has 0 amide bonds. The van der Waals surface area contributed by atoms with Crippen molar-refractivity contribution in [1.29, 1.82) is 0 Å². The molecule has 1 saturated heterocycles. The molecule has 1 atom stereocenters. The Morgan fingerprint density at radius 1 is 1.53 bits per heavy atom. The summed E-state index contributed by atoms with van der Waals surface area (Å²) in [5.41, 5.74) is 0. The second-order valence-corrected chi connectivity index (χ2v) is 4.41. The number of nitrogens with zero attached hydrogens (tertiary/aromatic N) is 3. The van der Waals surface area contributed by atoms with Gasteiger partial charge in [-0.25, -0.2) is 4.98 Å². The van der Waals surface area contributed by atoms with Gasteiger partial charge >= 0.3 is 0 Å². The first-order valence-corrected chi connectivity index (χ1v) is 6.36. The minimum atomic E-state index is 0. The number of guanidine groups is 1. The molecule has 1 aliphatic heterocycles. The van der Waals surface area contributed by atoms with Gasteiger partial charge < -0.3 is 19.9 Å². The van der Waals surface area contributed by atoms with Gasteiger partial charge in [0.2, 0.25) is 0 Å². The van der Waals surface area contributed by atoms with Gasteiger partial charge in [0.25, 0.3) is 0 Å². The van der Waals surface area contributed by atoms with Crippen LogP contribution in [0.4, 0.5) is 0 Å².